The van der Waals surface area contributed by atoms with E-state index in [1.807, 2.05) is 0 Å². The van der Waals surface area contributed by atoms with Crippen LogP contribution in [0.15, 0.2) is 140 Å². The van der Waals surface area contributed by atoms with Crippen LogP contribution in [0.25, 0.3) is 21.5 Å². The Morgan fingerprint density at radius 2 is 0.810 bits per heavy atom. The average Bonchev–Trinajstić information content (AvgIpc) is 3.04. The molecule has 4 heteroatoms. The minimum absolute atomic E-state index is 0.999. The Bertz CT molecular complexity index is 2120. The molecular weight excluding hydrogens is 529 g/mol. The average molecular weight is 553 g/mol. The second-order valence-corrected chi connectivity index (χ2v) is 14.0. The number of hydrogen-bond acceptors (Lipinski definition) is 3. The van der Waals surface area contributed by atoms with Gasteiger partial charge in [0.15, 0.2) is 8.80 Å². The van der Waals surface area contributed by atoms with E-state index in [0.29, 0.717) is 0 Å². The van der Waals surface area contributed by atoms with Crippen LogP contribution in [0.1, 0.15) is 0 Å². The Morgan fingerprint density at radius 1 is 0.381 bits per heavy atom. The minimum atomic E-state index is -1.85. The van der Waals surface area contributed by atoms with E-state index in [1.54, 1.807) is 0 Å². The lowest BCUT2D eigenvalue weighted by Gasteiger charge is -2.46. The number of fused-ring (bicyclic) bond motifs is 2. The van der Waals surface area contributed by atoms with Gasteiger partial charge < -0.3 is 14.5 Å². The lowest BCUT2D eigenvalue weighted by atomic mass is 10.1. The normalized spacial score (nSPS) is 14.2. The third-order valence-corrected chi connectivity index (χ3v) is 12.7. The Kier molecular flexibility index (Phi) is 4.33. The monoisotopic (exact) mass is 552 g/mol. The molecule has 7 aromatic carbocycles. The van der Waals surface area contributed by atoms with Gasteiger partial charge in [-0.3, -0.25) is 0 Å². The SMILES string of the molecule is c1cc2c3c(c1)N(c1ccc4ccccc4c1)c1cccc4c1[SiH]3c1c(cccc1N4c1ccc3ccccc3c1)O2. The Labute approximate surface area is 245 Å². The van der Waals surface area contributed by atoms with Gasteiger partial charge in [0.25, 0.3) is 0 Å². The summed E-state index contributed by atoms with van der Waals surface area (Å²) in [6, 6.07) is 50.9. The van der Waals surface area contributed by atoms with Crippen LogP contribution in [0.2, 0.25) is 0 Å². The van der Waals surface area contributed by atoms with E-state index in [4.69, 9.17) is 4.74 Å². The second kappa shape index (κ2) is 8.12. The molecule has 7 aromatic rings. The van der Waals surface area contributed by atoms with Gasteiger partial charge in [0.05, 0.1) is 0 Å². The van der Waals surface area contributed by atoms with Crippen LogP contribution in [0.5, 0.6) is 11.5 Å². The largest absolute Gasteiger partial charge is 0.457 e. The molecule has 3 aliphatic rings. The smallest absolute Gasteiger partial charge is 0.153 e. The first-order valence-corrected chi connectivity index (χ1v) is 16.2. The van der Waals surface area contributed by atoms with Crippen LogP contribution < -0.4 is 30.1 Å². The number of hydrogen-bond donors (Lipinski definition) is 0. The molecule has 0 fully saturated rings. The molecule has 0 aliphatic carbocycles. The maximum atomic E-state index is 6.74. The standard InChI is InChI=1S/C38H24N2OSi/c1-3-10-26-22-28(20-18-24(26)8-1)39-30-12-5-13-31-36(30)42-37-32(39)14-6-16-34(37)41-35-17-7-15-33(38(35)42)40(31)29-21-19-25-9-2-4-11-27(25)23-29/h1-23,42H. The van der Waals surface area contributed by atoms with Crippen molar-refractivity contribution in [3.05, 3.63) is 140 Å². The van der Waals surface area contributed by atoms with Gasteiger partial charge in [-0.25, -0.2) is 0 Å². The molecule has 0 spiro atoms. The van der Waals surface area contributed by atoms with Gasteiger partial charge in [-0.1, -0.05) is 78.9 Å². The highest BCUT2D eigenvalue weighted by Crippen LogP contribution is 2.48. The Morgan fingerprint density at radius 3 is 1.31 bits per heavy atom. The van der Waals surface area contributed by atoms with Gasteiger partial charge in [-0.05, 0) is 87.4 Å². The van der Waals surface area contributed by atoms with Gasteiger partial charge in [0.1, 0.15) is 11.5 Å². The highest BCUT2D eigenvalue weighted by Gasteiger charge is 2.46. The lowest BCUT2D eigenvalue weighted by molar-refractivity contribution is 0.487. The van der Waals surface area contributed by atoms with Crippen molar-refractivity contribution in [3.63, 3.8) is 0 Å². The molecule has 0 saturated heterocycles. The van der Waals surface area contributed by atoms with Crippen molar-refractivity contribution in [3.8, 4) is 11.5 Å². The van der Waals surface area contributed by atoms with Crippen molar-refractivity contribution in [2.45, 2.75) is 0 Å². The van der Waals surface area contributed by atoms with E-state index in [0.717, 1.165) is 11.5 Å². The van der Waals surface area contributed by atoms with Gasteiger partial charge in [0.2, 0.25) is 0 Å². The number of rotatable bonds is 2. The van der Waals surface area contributed by atoms with Gasteiger partial charge >= 0.3 is 0 Å². The molecule has 10 rings (SSSR count). The summed E-state index contributed by atoms with van der Waals surface area (Å²) >= 11 is 0. The highest BCUT2D eigenvalue weighted by atomic mass is 28.3. The van der Waals surface area contributed by atoms with Crippen LogP contribution in [0.3, 0.4) is 0 Å². The zero-order chi connectivity index (χ0) is 27.4. The predicted octanol–water partition coefficient (Wildman–Crippen LogP) is 7.91. The molecule has 42 heavy (non-hydrogen) atoms. The summed E-state index contributed by atoms with van der Waals surface area (Å²) in [6.45, 7) is 0. The van der Waals surface area contributed by atoms with E-state index in [1.165, 1.54) is 71.2 Å². The molecule has 0 saturated carbocycles. The zero-order valence-electron chi connectivity index (χ0n) is 22.7. The van der Waals surface area contributed by atoms with E-state index in [9.17, 15) is 0 Å². The van der Waals surface area contributed by atoms with Gasteiger partial charge in [-0.15, -0.1) is 0 Å². The molecule has 3 nitrogen and oxygen atoms in total. The quantitative estimate of drug-likeness (QED) is 0.203. The lowest BCUT2D eigenvalue weighted by Crippen LogP contribution is -2.63. The maximum absolute atomic E-state index is 6.74. The molecule has 196 valence electrons. The zero-order valence-corrected chi connectivity index (χ0v) is 23.8. The summed E-state index contributed by atoms with van der Waals surface area (Å²) in [6.07, 6.45) is 0. The molecule has 0 unspecified atom stereocenters. The summed E-state index contributed by atoms with van der Waals surface area (Å²) < 4.78 is 6.74. The van der Waals surface area contributed by atoms with Crippen molar-refractivity contribution < 1.29 is 4.74 Å². The molecule has 0 bridgehead atoms. The fourth-order valence-electron chi connectivity index (χ4n) is 7.44. The van der Waals surface area contributed by atoms with Crippen LogP contribution in [0.4, 0.5) is 34.1 Å². The summed E-state index contributed by atoms with van der Waals surface area (Å²) in [5.41, 5.74) is 7.37. The third kappa shape index (κ3) is 2.89. The number of benzene rings is 7. The first kappa shape index (κ1) is 22.4. The number of ether oxygens (including phenoxy) is 1. The van der Waals surface area contributed by atoms with Crippen LogP contribution >= 0.6 is 0 Å². The highest BCUT2D eigenvalue weighted by molar-refractivity contribution is 7.01. The van der Waals surface area contributed by atoms with E-state index in [-0.39, 0.29) is 0 Å². The predicted molar refractivity (Wildman–Crippen MR) is 177 cm³/mol. The second-order valence-electron chi connectivity index (χ2n) is 11.4. The summed E-state index contributed by atoms with van der Waals surface area (Å²) in [4.78, 5) is 4.93. The molecule has 0 N–H and O–H groups in total. The van der Waals surface area contributed by atoms with Crippen LogP contribution in [-0.4, -0.2) is 8.80 Å². The van der Waals surface area contributed by atoms with Gasteiger partial charge in [-0.2, -0.15) is 0 Å². The van der Waals surface area contributed by atoms with Crippen LogP contribution in [-0.2, 0) is 0 Å². The summed E-state index contributed by atoms with van der Waals surface area (Å²) in [5, 5.41) is 9.20. The fourth-order valence-corrected chi connectivity index (χ4v) is 11.3. The van der Waals surface area contributed by atoms with E-state index >= 15 is 0 Å². The summed E-state index contributed by atoms with van der Waals surface area (Å²) in [5.74, 6) is 2.00. The Hall–Kier alpha value is -5.32. The van der Waals surface area contributed by atoms with Crippen molar-refractivity contribution in [2.75, 3.05) is 9.80 Å². The molecule has 0 atom stereocenters. The fraction of sp³-hybridized carbons (Fsp3) is 0. The van der Waals surface area contributed by atoms with Crippen molar-refractivity contribution in [1.82, 2.24) is 0 Å². The molecule has 0 amide bonds. The number of nitrogens with zero attached hydrogens (tertiary/aromatic N) is 2. The molecule has 3 heterocycles. The molecule has 3 aliphatic heterocycles. The Balaban J connectivity index is 1.29. The summed E-state index contributed by atoms with van der Waals surface area (Å²) in [7, 11) is -1.85. The first-order valence-electron chi connectivity index (χ1n) is 14.5. The number of anilines is 6. The first-order chi connectivity index (χ1) is 20.8. The minimum Gasteiger partial charge on any atom is -0.457 e. The van der Waals surface area contributed by atoms with Crippen molar-refractivity contribution in [2.24, 2.45) is 0 Å². The van der Waals surface area contributed by atoms with E-state index in [2.05, 4.69) is 149 Å². The van der Waals surface area contributed by atoms with Crippen molar-refractivity contribution in [1.29, 1.82) is 0 Å². The third-order valence-electron chi connectivity index (χ3n) is 9.18. The topological polar surface area (TPSA) is 15.7 Å². The van der Waals surface area contributed by atoms with E-state index < -0.39 is 8.80 Å². The van der Waals surface area contributed by atoms with Gasteiger partial charge in [0, 0.05) is 44.5 Å². The van der Waals surface area contributed by atoms with Crippen LogP contribution in [0, 0.1) is 0 Å². The van der Waals surface area contributed by atoms with Crippen molar-refractivity contribution >= 4 is 80.0 Å². The molecular formula is C38H24N2OSi. The molecule has 0 radical (unpaired) electrons. The maximum Gasteiger partial charge on any atom is 0.153 e. The molecule has 0 aromatic heterocycles.